The highest BCUT2D eigenvalue weighted by Gasteiger charge is 2.45. The highest BCUT2D eigenvalue weighted by atomic mass is 19.3. The van der Waals surface area contributed by atoms with E-state index in [9.17, 15) is 18.7 Å². The van der Waals surface area contributed by atoms with E-state index in [0.717, 1.165) is 5.56 Å². The van der Waals surface area contributed by atoms with Crippen LogP contribution in [-0.2, 0) is 6.05 Å². The average Bonchev–Trinajstić information content (AvgIpc) is 3.37. The van der Waals surface area contributed by atoms with Gasteiger partial charge < -0.3 is 20.3 Å². The van der Waals surface area contributed by atoms with Crippen LogP contribution < -0.4 is 16.0 Å². The van der Waals surface area contributed by atoms with Crippen molar-refractivity contribution in [3.63, 3.8) is 0 Å². The summed E-state index contributed by atoms with van der Waals surface area (Å²) in [5.41, 5.74) is 0.275. The average molecular weight is 480 g/mol. The van der Waals surface area contributed by atoms with Gasteiger partial charge >= 0.3 is 6.05 Å². The normalized spacial score (nSPS) is 14.8. The molecular formula is C22H18F2N8O3. The number of nitrogens with zero attached hydrogens (tertiary/aromatic N) is 5. The number of amides is 1. The quantitative estimate of drug-likeness (QED) is 0.291. The topological polar surface area (TPSA) is 151 Å². The van der Waals surface area contributed by atoms with Crippen LogP contribution >= 0.6 is 0 Å². The summed E-state index contributed by atoms with van der Waals surface area (Å²) in [6.07, 6.45) is 1.41. The van der Waals surface area contributed by atoms with Crippen LogP contribution in [0.3, 0.4) is 0 Å². The number of aryl methyl sites for hydroxylation is 1. The lowest BCUT2D eigenvalue weighted by atomic mass is 10.1. The number of alkyl halides is 2. The molecule has 1 aliphatic rings. The van der Waals surface area contributed by atoms with Crippen molar-refractivity contribution in [3.05, 3.63) is 71.3 Å². The molecule has 0 saturated carbocycles. The van der Waals surface area contributed by atoms with E-state index in [1.165, 1.54) is 18.3 Å². The van der Waals surface area contributed by atoms with Gasteiger partial charge in [-0.15, -0.1) is 0 Å². The summed E-state index contributed by atoms with van der Waals surface area (Å²) in [7, 11) is 0. The second-order valence-electron chi connectivity index (χ2n) is 7.64. The minimum absolute atomic E-state index is 0.00836. The van der Waals surface area contributed by atoms with Gasteiger partial charge in [-0.2, -0.15) is 18.7 Å². The summed E-state index contributed by atoms with van der Waals surface area (Å²) in [6, 6.07) is 7.71. The van der Waals surface area contributed by atoms with Crippen LogP contribution in [0.25, 0.3) is 11.5 Å². The molecule has 1 aliphatic heterocycles. The number of fused-ring (bicyclic) bond motifs is 1. The molecule has 5 rings (SSSR count). The number of halogens is 2. The van der Waals surface area contributed by atoms with Crippen LogP contribution in [0.2, 0.25) is 0 Å². The number of pyridine rings is 1. The van der Waals surface area contributed by atoms with Crippen molar-refractivity contribution in [1.82, 2.24) is 30.4 Å². The second-order valence-corrected chi connectivity index (χ2v) is 7.64. The molecule has 13 heteroatoms. The summed E-state index contributed by atoms with van der Waals surface area (Å²) in [5, 5.41) is 21.3. The molecule has 0 aliphatic carbocycles. The highest BCUT2D eigenvalue weighted by molar-refractivity contribution is 5.99. The number of aromatic nitrogens is 5. The van der Waals surface area contributed by atoms with Crippen LogP contribution in [0.4, 0.5) is 26.4 Å². The number of benzene rings is 1. The number of hydrogen-bond donors (Lipinski definition) is 4. The van der Waals surface area contributed by atoms with E-state index < -0.39 is 23.7 Å². The summed E-state index contributed by atoms with van der Waals surface area (Å²) in [4.78, 5) is 28.4. The van der Waals surface area contributed by atoms with Gasteiger partial charge in [0.1, 0.15) is 22.9 Å². The molecule has 0 fully saturated rings. The number of aliphatic hydroxyl groups is 1. The molecule has 4 N–H and O–H groups in total. The van der Waals surface area contributed by atoms with E-state index in [0.29, 0.717) is 11.4 Å². The third-order valence-electron chi connectivity index (χ3n) is 5.19. The maximum Gasteiger partial charge on any atom is 0.370 e. The van der Waals surface area contributed by atoms with Crippen LogP contribution in [0, 0.1) is 6.92 Å². The molecule has 0 unspecified atom stereocenters. The fourth-order valence-corrected chi connectivity index (χ4v) is 3.53. The monoisotopic (exact) mass is 480 g/mol. The Morgan fingerprint density at radius 1 is 1.11 bits per heavy atom. The first kappa shape index (κ1) is 22.3. The molecule has 0 spiro atoms. The lowest BCUT2D eigenvalue weighted by Gasteiger charge is -2.19. The van der Waals surface area contributed by atoms with Crippen molar-refractivity contribution in [2.75, 3.05) is 17.2 Å². The maximum atomic E-state index is 14.0. The molecule has 35 heavy (non-hydrogen) atoms. The number of anilines is 3. The Bertz CT molecular complexity index is 1400. The third-order valence-corrected chi connectivity index (χ3v) is 5.19. The molecule has 4 aromatic rings. The molecule has 1 atom stereocenters. The maximum absolute atomic E-state index is 14.0. The molecule has 0 saturated heterocycles. The van der Waals surface area contributed by atoms with Crippen molar-refractivity contribution < 1.29 is 23.2 Å². The summed E-state index contributed by atoms with van der Waals surface area (Å²) >= 11 is 0. The zero-order chi connectivity index (χ0) is 24.6. The van der Waals surface area contributed by atoms with Gasteiger partial charge in [0.15, 0.2) is 5.82 Å². The van der Waals surface area contributed by atoms with Gasteiger partial charge in [0.2, 0.25) is 5.95 Å². The number of carbonyl (C=O) groups is 1. The number of nitrogens with one attached hydrogen (secondary N) is 3. The minimum atomic E-state index is -3.58. The molecule has 178 valence electrons. The fourth-order valence-electron chi connectivity index (χ4n) is 3.53. The largest absolute Gasteiger partial charge is 0.394 e. The van der Waals surface area contributed by atoms with Crippen molar-refractivity contribution in [3.8, 4) is 11.5 Å². The van der Waals surface area contributed by atoms with Gasteiger partial charge in [-0.05, 0) is 24.6 Å². The van der Waals surface area contributed by atoms with E-state index in [4.69, 9.17) is 4.52 Å². The first-order valence-corrected chi connectivity index (χ1v) is 10.4. The van der Waals surface area contributed by atoms with Crippen molar-refractivity contribution in [2.24, 2.45) is 0 Å². The Kier molecular flexibility index (Phi) is 5.53. The zero-order valence-electron chi connectivity index (χ0n) is 18.2. The molecule has 1 amide bonds. The first-order valence-electron chi connectivity index (χ1n) is 10.4. The highest BCUT2D eigenvalue weighted by Crippen LogP contribution is 2.34. The van der Waals surface area contributed by atoms with Gasteiger partial charge in [-0.3, -0.25) is 10.1 Å². The number of rotatable bonds is 7. The van der Waals surface area contributed by atoms with Crippen molar-refractivity contribution in [2.45, 2.75) is 19.0 Å². The summed E-state index contributed by atoms with van der Waals surface area (Å²) in [5.74, 6) is -0.0684. The molecule has 4 heterocycles. The van der Waals surface area contributed by atoms with Gasteiger partial charge in [-0.1, -0.05) is 35.5 Å². The van der Waals surface area contributed by atoms with Crippen LogP contribution in [0.15, 0.2) is 53.2 Å². The lowest BCUT2D eigenvalue weighted by Crippen LogP contribution is -2.30. The molecule has 0 radical (unpaired) electrons. The smallest absolute Gasteiger partial charge is 0.370 e. The van der Waals surface area contributed by atoms with Crippen LogP contribution in [0.1, 0.15) is 33.5 Å². The number of carbonyl (C=O) groups excluding carboxylic acids is 1. The third kappa shape index (κ3) is 4.36. The molecule has 0 bridgehead atoms. The Morgan fingerprint density at radius 2 is 1.91 bits per heavy atom. The Balaban J connectivity index is 1.50. The van der Waals surface area contributed by atoms with E-state index in [-0.39, 0.29) is 35.6 Å². The van der Waals surface area contributed by atoms with E-state index >= 15 is 0 Å². The van der Waals surface area contributed by atoms with Crippen molar-refractivity contribution in [1.29, 1.82) is 0 Å². The standard InChI is InChI=1S/C22H18F2N8O3/c1-11-26-20(35-32-11)14-9-25-21(30-18(14)27-15(10-33)12-5-3-2-4-6-12)29-16-8-7-13-17(28-16)22(23,24)31-19(13)34/h2-9,15,33H,10H2,1H3,(H,31,34)(H2,25,27,28,29,30)/t15-/m1/s1. The van der Waals surface area contributed by atoms with Crippen LogP contribution in [-0.4, -0.2) is 42.7 Å². The van der Waals surface area contributed by atoms with E-state index in [1.54, 1.807) is 12.2 Å². The van der Waals surface area contributed by atoms with Gasteiger partial charge in [-0.25, -0.2) is 9.97 Å². The number of aliphatic hydroxyl groups excluding tert-OH is 1. The van der Waals surface area contributed by atoms with E-state index in [2.05, 4.69) is 35.7 Å². The first-order chi connectivity index (χ1) is 16.8. The molecule has 3 aromatic heterocycles. The molecule has 11 nitrogen and oxygen atoms in total. The summed E-state index contributed by atoms with van der Waals surface area (Å²) < 4.78 is 33.3. The van der Waals surface area contributed by atoms with Gasteiger partial charge in [0.05, 0.1) is 18.2 Å². The Hall–Kier alpha value is -4.52. The second kappa shape index (κ2) is 8.68. The van der Waals surface area contributed by atoms with Crippen molar-refractivity contribution >= 4 is 23.5 Å². The molecular weight excluding hydrogens is 462 g/mol. The SMILES string of the molecule is Cc1noc(-c2cnc(Nc3ccc4c(n3)C(F)(F)NC4=O)nc2N[C@H](CO)c2ccccc2)n1. The minimum Gasteiger partial charge on any atom is -0.394 e. The fraction of sp³-hybridized carbons (Fsp3) is 0.182. The zero-order valence-corrected chi connectivity index (χ0v) is 18.2. The Labute approximate surface area is 196 Å². The lowest BCUT2D eigenvalue weighted by molar-refractivity contribution is -0.0278. The summed E-state index contributed by atoms with van der Waals surface area (Å²) in [6.45, 7) is 1.41. The number of hydrogen-bond acceptors (Lipinski definition) is 10. The predicted molar refractivity (Wildman–Crippen MR) is 119 cm³/mol. The predicted octanol–water partition coefficient (Wildman–Crippen LogP) is 2.91. The Morgan fingerprint density at radius 3 is 2.63 bits per heavy atom. The molecule has 1 aromatic carbocycles. The van der Waals surface area contributed by atoms with Gasteiger partial charge in [0.25, 0.3) is 11.8 Å². The van der Waals surface area contributed by atoms with E-state index in [1.807, 2.05) is 30.3 Å². The van der Waals surface area contributed by atoms with Gasteiger partial charge in [0, 0.05) is 6.20 Å². The van der Waals surface area contributed by atoms with Crippen LogP contribution in [0.5, 0.6) is 0 Å².